The van der Waals surface area contributed by atoms with Crippen LogP contribution in [0.4, 0.5) is 5.82 Å². The fourth-order valence-electron chi connectivity index (χ4n) is 3.37. The Bertz CT molecular complexity index is 1200. The Morgan fingerprint density at radius 2 is 1.94 bits per heavy atom. The summed E-state index contributed by atoms with van der Waals surface area (Å²) in [5.74, 6) is 1.43. The zero-order valence-corrected chi connectivity index (χ0v) is 20.1. The van der Waals surface area contributed by atoms with Gasteiger partial charge in [0.05, 0.1) is 31.3 Å². The number of nitrogens with one attached hydrogen (secondary N) is 1. The average molecular weight is 502 g/mol. The first-order valence-electron chi connectivity index (χ1n) is 11.0. The summed E-state index contributed by atoms with van der Waals surface area (Å²) in [6, 6.07) is 9.42. The molecule has 0 fully saturated rings. The number of carbonyl (C=O) groups is 1. The van der Waals surface area contributed by atoms with Crippen molar-refractivity contribution in [3.05, 3.63) is 60.0 Å². The third-order valence-electron chi connectivity index (χ3n) is 5.09. The van der Waals surface area contributed by atoms with Crippen molar-refractivity contribution in [1.82, 2.24) is 9.97 Å². The van der Waals surface area contributed by atoms with Crippen LogP contribution >= 0.6 is 10.6 Å². The summed E-state index contributed by atoms with van der Waals surface area (Å²) >= 11 is 0. The Balaban J connectivity index is 1.62. The van der Waals surface area contributed by atoms with Gasteiger partial charge in [-0.2, -0.15) is 10.6 Å². The van der Waals surface area contributed by atoms with E-state index in [4.69, 9.17) is 14.2 Å². The monoisotopic (exact) mass is 501 g/mol. The lowest BCUT2D eigenvalue weighted by atomic mass is 10.2. The molecule has 0 saturated carbocycles. The number of fused-ring (bicyclic) bond motifs is 1. The minimum atomic E-state index is -2.93. The Morgan fingerprint density at radius 1 is 1.14 bits per heavy atom. The van der Waals surface area contributed by atoms with Gasteiger partial charge in [0, 0.05) is 23.4 Å². The van der Waals surface area contributed by atoms with Crippen LogP contribution in [0, 0.1) is 6.92 Å². The number of carbonyl (C=O) groups excluding carboxylic acids is 1. The summed E-state index contributed by atoms with van der Waals surface area (Å²) in [7, 11) is -2.93. The van der Waals surface area contributed by atoms with E-state index in [2.05, 4.69) is 15.3 Å². The second-order valence-electron chi connectivity index (χ2n) is 8.08. The van der Waals surface area contributed by atoms with Crippen molar-refractivity contribution in [1.29, 1.82) is 0 Å². The Morgan fingerprint density at radius 3 is 2.69 bits per heavy atom. The van der Waals surface area contributed by atoms with Gasteiger partial charge in [0.15, 0.2) is 5.82 Å². The molecule has 1 aliphatic heterocycles. The molecule has 3 aromatic rings. The maximum absolute atomic E-state index is 12.9. The predicted molar refractivity (Wildman–Crippen MR) is 131 cm³/mol. The maximum Gasteiger partial charge on any atom is 0.257 e. The Labute approximate surface area is 204 Å². The molecule has 1 aromatic heterocycles. The molecule has 0 spiro atoms. The van der Waals surface area contributed by atoms with Crippen molar-refractivity contribution in [3.8, 4) is 23.0 Å². The van der Waals surface area contributed by atoms with Gasteiger partial charge >= 0.3 is 0 Å². The fraction of sp³-hybridized carbons (Fsp3) is 0.292. The van der Waals surface area contributed by atoms with E-state index in [9.17, 15) is 19.0 Å². The van der Waals surface area contributed by atoms with E-state index < -0.39 is 22.6 Å². The van der Waals surface area contributed by atoms with E-state index in [1.54, 1.807) is 44.3 Å². The number of hydrogen-bond acceptors (Lipinski definition) is 9. The molecule has 0 unspecified atom stereocenters. The molecule has 0 radical (unpaired) electrons. The highest BCUT2D eigenvalue weighted by atomic mass is 32.3. The maximum atomic E-state index is 12.9. The first-order chi connectivity index (χ1) is 16.7. The van der Waals surface area contributed by atoms with Crippen LogP contribution in [0.2, 0.25) is 0 Å². The van der Waals surface area contributed by atoms with Gasteiger partial charge in [-0.1, -0.05) is 0 Å². The van der Waals surface area contributed by atoms with E-state index >= 15 is 0 Å². The summed E-state index contributed by atoms with van der Waals surface area (Å²) in [4.78, 5) is 21.5. The number of anilines is 1. The minimum Gasteiger partial charge on any atom is -0.491 e. The lowest BCUT2D eigenvalue weighted by molar-refractivity contribution is 0.102. The zero-order chi connectivity index (χ0) is 25.0. The van der Waals surface area contributed by atoms with E-state index in [1.165, 1.54) is 18.3 Å². The molecule has 0 bridgehead atoms. The Kier molecular flexibility index (Phi) is 7.41. The molecule has 1 amide bonds. The van der Waals surface area contributed by atoms with Gasteiger partial charge < -0.3 is 24.6 Å². The van der Waals surface area contributed by atoms with Gasteiger partial charge in [-0.15, -0.1) is 0 Å². The number of benzene rings is 2. The summed E-state index contributed by atoms with van der Waals surface area (Å²) < 4.78 is 38.2. The van der Waals surface area contributed by atoms with Crippen molar-refractivity contribution in [3.63, 3.8) is 0 Å². The van der Waals surface area contributed by atoms with Gasteiger partial charge in [0.2, 0.25) is 0 Å². The summed E-state index contributed by atoms with van der Waals surface area (Å²) in [6.45, 7) is 3.64. The molecule has 1 atom stereocenters. The molecule has 1 aliphatic rings. The van der Waals surface area contributed by atoms with E-state index in [0.717, 1.165) is 5.69 Å². The summed E-state index contributed by atoms with van der Waals surface area (Å²) in [5, 5.41) is 12.1. The van der Waals surface area contributed by atoms with Crippen LogP contribution in [0.15, 0.2) is 53.7 Å². The molecule has 186 valence electrons. The van der Waals surface area contributed by atoms with Gasteiger partial charge in [-0.05, 0) is 44.5 Å². The fourth-order valence-corrected chi connectivity index (χ4v) is 4.83. The second-order valence-corrected chi connectivity index (χ2v) is 10.3. The van der Waals surface area contributed by atoms with Crippen molar-refractivity contribution >= 4 is 22.3 Å². The van der Waals surface area contributed by atoms with Gasteiger partial charge in [-0.3, -0.25) is 18.9 Å². The number of aromatic nitrogens is 2. The van der Waals surface area contributed by atoms with Crippen molar-refractivity contribution in [2.24, 2.45) is 0 Å². The smallest absolute Gasteiger partial charge is 0.257 e. The molecule has 2 aromatic carbocycles. The normalized spacial score (nSPS) is 16.1. The van der Waals surface area contributed by atoms with Crippen LogP contribution in [-0.4, -0.2) is 55.2 Å². The number of hydrogen-bond donors (Lipinski definition) is 4. The van der Waals surface area contributed by atoms with Crippen LogP contribution in [0.5, 0.6) is 23.0 Å². The Hall–Kier alpha value is -3.38. The number of rotatable bonds is 7. The number of aryl methyl sites for hydroxylation is 1. The molecule has 0 aliphatic carbocycles. The first kappa shape index (κ1) is 24.7. The van der Waals surface area contributed by atoms with E-state index in [0.29, 0.717) is 46.7 Å². The first-order valence-corrected chi connectivity index (χ1v) is 12.7. The highest BCUT2D eigenvalue weighted by molar-refractivity contribution is 8.24. The highest BCUT2D eigenvalue weighted by Gasteiger charge is 2.24. The standard InChI is InChI=1S/C24H27N3O7S/c1-15-12-26-23(13-25-15)27-24(29)17-8-19(33-16(2)14-28)10-20(9-17)34-18-4-5-22-21(11-18)32-6-3-7-35(22,30)31/h4-5,8-13,16,28,30-31H,3,6-7,14H2,1-2H3,(H,26,27,29)/t16-/m0/s1. The lowest BCUT2D eigenvalue weighted by Gasteiger charge is -2.31. The quantitative estimate of drug-likeness (QED) is 0.368. The topological polar surface area (TPSA) is 143 Å². The predicted octanol–water partition coefficient (Wildman–Crippen LogP) is 4.48. The number of amides is 1. The zero-order valence-electron chi connectivity index (χ0n) is 19.3. The van der Waals surface area contributed by atoms with Gasteiger partial charge in [0.25, 0.3) is 5.91 Å². The summed E-state index contributed by atoms with van der Waals surface area (Å²) in [5.41, 5.74) is 0.961. The summed E-state index contributed by atoms with van der Waals surface area (Å²) in [6.07, 6.45) is 3.02. The lowest BCUT2D eigenvalue weighted by Crippen LogP contribution is -2.17. The highest BCUT2D eigenvalue weighted by Crippen LogP contribution is 2.54. The van der Waals surface area contributed by atoms with E-state index in [1.807, 2.05) is 0 Å². The molecule has 35 heavy (non-hydrogen) atoms. The molecule has 4 N–H and O–H groups in total. The van der Waals surface area contributed by atoms with Crippen molar-refractivity contribution in [2.75, 3.05) is 24.3 Å². The van der Waals surface area contributed by atoms with E-state index in [-0.39, 0.29) is 17.9 Å². The number of aliphatic hydroxyl groups excluding tert-OH is 1. The molecule has 4 rings (SSSR count). The number of ether oxygens (including phenoxy) is 3. The largest absolute Gasteiger partial charge is 0.491 e. The minimum absolute atomic E-state index is 0.208. The van der Waals surface area contributed by atoms with Gasteiger partial charge in [-0.25, -0.2) is 4.98 Å². The van der Waals surface area contributed by atoms with Crippen molar-refractivity contribution < 1.29 is 33.2 Å². The van der Waals surface area contributed by atoms with Crippen LogP contribution in [-0.2, 0) is 0 Å². The molecule has 0 saturated heterocycles. The average Bonchev–Trinajstić information content (AvgIpc) is 2.97. The van der Waals surface area contributed by atoms with Crippen molar-refractivity contribution in [2.45, 2.75) is 31.3 Å². The molecule has 2 heterocycles. The SMILES string of the molecule is Cc1cnc(NC(=O)c2cc(Oc3ccc4c(c3)OCCCS4(O)O)cc(O[C@@H](C)CO)c2)cn1. The van der Waals surface area contributed by atoms with Crippen LogP contribution < -0.4 is 19.5 Å². The third kappa shape index (κ3) is 6.20. The van der Waals surface area contributed by atoms with Crippen LogP contribution in [0.3, 0.4) is 0 Å². The molecular weight excluding hydrogens is 474 g/mol. The number of aliphatic hydroxyl groups is 1. The van der Waals surface area contributed by atoms with Crippen LogP contribution in [0.1, 0.15) is 29.4 Å². The second kappa shape index (κ2) is 10.5. The molecular formula is C24H27N3O7S. The molecule has 11 heteroatoms. The van der Waals surface area contributed by atoms with Crippen LogP contribution in [0.25, 0.3) is 0 Å². The van der Waals surface area contributed by atoms with Gasteiger partial charge in [0.1, 0.15) is 34.0 Å². The molecule has 10 nitrogen and oxygen atoms in total. The third-order valence-corrected chi connectivity index (χ3v) is 6.99. The number of nitrogens with zero attached hydrogens (tertiary/aromatic N) is 2.